The van der Waals surface area contributed by atoms with Gasteiger partial charge in [-0.05, 0) is 30.7 Å². The van der Waals surface area contributed by atoms with Crippen LogP contribution in [-0.4, -0.2) is 39.3 Å². The molecular formula is C15H16Cl2N2O4S2. The molecule has 2 rings (SSSR count). The number of thiophene rings is 1. The number of aryl methyl sites for hydroxylation is 1. The zero-order chi connectivity index (χ0) is 18.8. The summed E-state index contributed by atoms with van der Waals surface area (Å²) >= 11 is 12.7. The van der Waals surface area contributed by atoms with Crippen LogP contribution >= 0.6 is 34.5 Å². The number of sulfonamides is 1. The van der Waals surface area contributed by atoms with Crippen LogP contribution in [0.2, 0.25) is 9.36 Å². The van der Waals surface area contributed by atoms with Crippen molar-refractivity contribution in [2.45, 2.75) is 11.1 Å². The Balaban J connectivity index is 2.14. The molecule has 1 heterocycles. The molecule has 0 spiro atoms. The fraction of sp³-hybridized carbons (Fsp3) is 0.267. The molecule has 1 N–H and O–H groups in total. The van der Waals surface area contributed by atoms with Crippen LogP contribution < -0.4 is 10.1 Å². The van der Waals surface area contributed by atoms with Crippen LogP contribution in [0, 0.1) is 6.92 Å². The number of amides is 1. The predicted octanol–water partition coefficient (Wildman–Crippen LogP) is 3.63. The van der Waals surface area contributed by atoms with Gasteiger partial charge in [-0.3, -0.25) is 4.79 Å². The minimum atomic E-state index is -3.78. The number of carbonyl (C=O) groups excluding carboxylic acids is 1. The Morgan fingerprint density at radius 1 is 1.32 bits per heavy atom. The van der Waals surface area contributed by atoms with E-state index in [0.29, 0.717) is 20.8 Å². The van der Waals surface area contributed by atoms with Crippen molar-refractivity contribution >= 4 is 56.2 Å². The minimum absolute atomic E-state index is 0.0766. The van der Waals surface area contributed by atoms with Crippen molar-refractivity contribution < 1.29 is 17.9 Å². The largest absolute Gasteiger partial charge is 0.495 e. The van der Waals surface area contributed by atoms with Gasteiger partial charge in [0.1, 0.15) is 9.96 Å². The summed E-state index contributed by atoms with van der Waals surface area (Å²) in [6.07, 6.45) is 0. The molecule has 136 valence electrons. The SMILES string of the molecule is COc1cc(Cl)c(C)cc1NC(=O)CN(C)S(=O)(=O)c1ccc(Cl)s1. The molecule has 6 nitrogen and oxygen atoms in total. The number of likely N-dealkylation sites (N-methyl/N-ethyl adjacent to an activating group) is 1. The Kier molecular flexibility index (Phi) is 6.34. The summed E-state index contributed by atoms with van der Waals surface area (Å²) in [5, 5.41) is 3.14. The summed E-state index contributed by atoms with van der Waals surface area (Å²) in [5.74, 6) is -0.117. The molecule has 0 aliphatic carbocycles. The van der Waals surface area contributed by atoms with E-state index in [9.17, 15) is 13.2 Å². The molecule has 0 bridgehead atoms. The first-order valence-corrected chi connectivity index (χ1v) is 10.0. The van der Waals surface area contributed by atoms with E-state index in [1.54, 1.807) is 19.1 Å². The Bertz CT molecular complexity index is 897. The number of nitrogens with zero attached hydrogens (tertiary/aromatic N) is 1. The molecule has 0 radical (unpaired) electrons. The van der Waals surface area contributed by atoms with Crippen LogP contribution in [0.3, 0.4) is 0 Å². The predicted molar refractivity (Wildman–Crippen MR) is 101 cm³/mol. The average Bonchev–Trinajstić information content (AvgIpc) is 2.97. The fourth-order valence-corrected chi connectivity index (χ4v) is 4.97. The van der Waals surface area contributed by atoms with E-state index in [-0.39, 0.29) is 10.8 Å². The van der Waals surface area contributed by atoms with Crippen molar-refractivity contribution in [3.63, 3.8) is 0 Å². The van der Waals surface area contributed by atoms with Crippen molar-refractivity contribution in [1.29, 1.82) is 0 Å². The molecular weight excluding hydrogens is 407 g/mol. The zero-order valence-electron chi connectivity index (χ0n) is 13.7. The summed E-state index contributed by atoms with van der Waals surface area (Å²) < 4.78 is 31.4. The molecule has 0 unspecified atom stereocenters. The topological polar surface area (TPSA) is 75.7 Å². The number of hydrogen-bond donors (Lipinski definition) is 1. The third kappa shape index (κ3) is 4.65. The molecule has 0 saturated carbocycles. The average molecular weight is 423 g/mol. The fourth-order valence-electron chi connectivity index (χ4n) is 2.00. The van der Waals surface area contributed by atoms with Gasteiger partial charge in [-0.1, -0.05) is 23.2 Å². The van der Waals surface area contributed by atoms with Gasteiger partial charge in [0.15, 0.2) is 0 Å². The first-order chi connectivity index (χ1) is 11.6. The minimum Gasteiger partial charge on any atom is -0.495 e. The van der Waals surface area contributed by atoms with Crippen molar-refractivity contribution in [1.82, 2.24) is 4.31 Å². The van der Waals surface area contributed by atoms with E-state index < -0.39 is 15.9 Å². The maximum atomic E-state index is 12.4. The van der Waals surface area contributed by atoms with Gasteiger partial charge >= 0.3 is 0 Å². The van der Waals surface area contributed by atoms with Crippen LogP contribution in [0.5, 0.6) is 5.75 Å². The smallest absolute Gasteiger partial charge is 0.252 e. The highest BCUT2D eigenvalue weighted by molar-refractivity contribution is 7.91. The molecule has 10 heteroatoms. The van der Waals surface area contributed by atoms with Crippen LogP contribution in [0.25, 0.3) is 0 Å². The lowest BCUT2D eigenvalue weighted by molar-refractivity contribution is -0.116. The first-order valence-electron chi connectivity index (χ1n) is 7.01. The Labute approximate surface area is 160 Å². The van der Waals surface area contributed by atoms with E-state index >= 15 is 0 Å². The molecule has 1 aromatic heterocycles. The van der Waals surface area contributed by atoms with Crippen LogP contribution in [0.4, 0.5) is 5.69 Å². The van der Waals surface area contributed by atoms with Gasteiger partial charge in [0.2, 0.25) is 5.91 Å². The highest BCUT2D eigenvalue weighted by Gasteiger charge is 2.25. The summed E-state index contributed by atoms with van der Waals surface area (Å²) in [5.41, 5.74) is 1.17. The van der Waals surface area contributed by atoms with Crippen molar-refractivity contribution in [2.75, 3.05) is 26.0 Å². The van der Waals surface area contributed by atoms with E-state index in [0.717, 1.165) is 21.2 Å². The summed E-state index contributed by atoms with van der Waals surface area (Å²) in [6.45, 7) is 1.43. The second-order valence-electron chi connectivity index (χ2n) is 5.17. The molecule has 0 aliphatic rings. The maximum absolute atomic E-state index is 12.4. The second-order valence-corrected chi connectivity index (χ2v) is 9.56. The Hall–Kier alpha value is -1.32. The number of methoxy groups -OCH3 is 1. The standard InChI is InChI=1S/C15H16Cl2N2O4S2/c1-9-6-11(12(23-3)7-10(9)16)18-14(20)8-19(2)25(21,22)15-5-4-13(17)24-15/h4-7H,8H2,1-3H3,(H,18,20). The van der Waals surface area contributed by atoms with Gasteiger partial charge in [-0.25, -0.2) is 8.42 Å². The van der Waals surface area contributed by atoms with Gasteiger partial charge in [-0.15, -0.1) is 11.3 Å². The molecule has 1 amide bonds. The Morgan fingerprint density at radius 3 is 2.56 bits per heavy atom. The summed E-state index contributed by atoms with van der Waals surface area (Å²) in [4.78, 5) is 12.2. The highest BCUT2D eigenvalue weighted by Crippen LogP contribution is 2.31. The van der Waals surface area contributed by atoms with Crippen LogP contribution in [0.1, 0.15) is 5.56 Å². The van der Waals surface area contributed by atoms with Gasteiger partial charge in [0.25, 0.3) is 10.0 Å². The normalized spacial score (nSPS) is 11.6. The summed E-state index contributed by atoms with van der Waals surface area (Å²) in [6, 6.07) is 6.14. The molecule has 2 aromatic rings. The van der Waals surface area contributed by atoms with Crippen LogP contribution in [-0.2, 0) is 14.8 Å². The lowest BCUT2D eigenvalue weighted by atomic mass is 10.2. The lowest BCUT2D eigenvalue weighted by Gasteiger charge is -2.17. The monoisotopic (exact) mass is 422 g/mol. The number of halogens is 2. The number of anilines is 1. The van der Waals surface area contributed by atoms with Gasteiger partial charge < -0.3 is 10.1 Å². The van der Waals surface area contributed by atoms with E-state index in [4.69, 9.17) is 27.9 Å². The van der Waals surface area contributed by atoms with Gasteiger partial charge in [0.05, 0.1) is 23.7 Å². The van der Waals surface area contributed by atoms with Crippen molar-refractivity contribution in [3.8, 4) is 5.75 Å². The molecule has 0 saturated heterocycles. The molecule has 25 heavy (non-hydrogen) atoms. The molecule has 0 fully saturated rings. The zero-order valence-corrected chi connectivity index (χ0v) is 16.8. The summed E-state index contributed by atoms with van der Waals surface area (Å²) in [7, 11) is -1.00. The number of benzene rings is 1. The van der Waals surface area contributed by atoms with E-state index in [1.807, 2.05) is 0 Å². The molecule has 1 aromatic carbocycles. The lowest BCUT2D eigenvalue weighted by Crippen LogP contribution is -2.34. The van der Waals surface area contributed by atoms with Crippen LogP contribution in [0.15, 0.2) is 28.5 Å². The number of nitrogens with one attached hydrogen (secondary N) is 1. The number of carbonyl (C=O) groups is 1. The number of ether oxygens (including phenoxy) is 1. The maximum Gasteiger partial charge on any atom is 0.252 e. The van der Waals surface area contributed by atoms with E-state index in [2.05, 4.69) is 5.32 Å². The van der Waals surface area contributed by atoms with Gasteiger partial charge in [0, 0.05) is 18.1 Å². The van der Waals surface area contributed by atoms with Gasteiger partial charge in [-0.2, -0.15) is 4.31 Å². The quantitative estimate of drug-likeness (QED) is 0.770. The highest BCUT2D eigenvalue weighted by atomic mass is 35.5. The molecule has 0 aliphatic heterocycles. The number of rotatable bonds is 6. The second kappa shape index (κ2) is 7.92. The van der Waals surface area contributed by atoms with E-state index in [1.165, 1.54) is 26.3 Å². The number of hydrogen-bond acceptors (Lipinski definition) is 5. The Morgan fingerprint density at radius 2 is 2.00 bits per heavy atom. The third-order valence-corrected chi connectivity index (χ3v) is 7.24. The molecule has 0 atom stereocenters. The van der Waals surface area contributed by atoms with Crippen molar-refractivity contribution in [3.05, 3.63) is 39.2 Å². The first kappa shape index (κ1) is 20.0. The third-order valence-electron chi connectivity index (χ3n) is 3.33. The van der Waals surface area contributed by atoms with Crippen molar-refractivity contribution in [2.24, 2.45) is 0 Å².